The molecule has 2 aromatic heterocycles. The topological polar surface area (TPSA) is 118 Å². The Kier molecular flexibility index (Phi) is 6.98. The van der Waals surface area contributed by atoms with Gasteiger partial charge in [-0.05, 0) is 24.3 Å². The van der Waals surface area contributed by atoms with E-state index in [9.17, 15) is 10.2 Å². The van der Waals surface area contributed by atoms with Crippen molar-refractivity contribution in [1.29, 1.82) is 0 Å². The van der Waals surface area contributed by atoms with Crippen LogP contribution in [0, 0.1) is 0 Å². The molecule has 0 saturated heterocycles. The fourth-order valence-corrected chi connectivity index (χ4v) is 4.78. The van der Waals surface area contributed by atoms with Crippen molar-refractivity contribution < 1.29 is 10.2 Å². The lowest BCUT2D eigenvalue weighted by molar-refractivity contribution is 0.476. The third kappa shape index (κ3) is 5.35. The van der Waals surface area contributed by atoms with Crippen LogP contribution in [-0.2, 0) is 0 Å². The molecule has 7 rings (SSSR count). The van der Waals surface area contributed by atoms with E-state index >= 15 is 0 Å². The van der Waals surface area contributed by atoms with Crippen LogP contribution in [0.5, 0.6) is 11.5 Å². The van der Waals surface area contributed by atoms with Gasteiger partial charge in [-0.15, -0.1) is 0 Å². The predicted molar refractivity (Wildman–Crippen MR) is 169 cm³/mol. The highest BCUT2D eigenvalue weighted by Gasteiger charge is 2.17. The van der Waals surface area contributed by atoms with Crippen LogP contribution in [0.1, 0.15) is 0 Å². The summed E-state index contributed by atoms with van der Waals surface area (Å²) in [5.41, 5.74) is 4.20. The molecule has 0 aliphatic heterocycles. The highest BCUT2D eigenvalue weighted by Crippen LogP contribution is 2.32. The summed E-state index contributed by atoms with van der Waals surface area (Å²) in [7, 11) is 0. The minimum atomic E-state index is 0.0864. The Morgan fingerprint density at radius 1 is 0.273 bits per heavy atom. The second kappa shape index (κ2) is 11.5. The van der Waals surface area contributed by atoms with E-state index in [2.05, 4.69) is 9.97 Å². The molecule has 44 heavy (non-hydrogen) atoms. The molecule has 0 amide bonds. The van der Waals surface area contributed by atoms with Gasteiger partial charge in [0.1, 0.15) is 11.5 Å². The van der Waals surface area contributed by atoms with Gasteiger partial charge in [-0.3, -0.25) is 0 Å². The zero-order chi connectivity index (χ0) is 29.9. The second-order valence-electron chi connectivity index (χ2n) is 9.96. The van der Waals surface area contributed by atoms with Crippen molar-refractivity contribution >= 4 is 0 Å². The van der Waals surface area contributed by atoms with Gasteiger partial charge in [0.05, 0.1) is 11.1 Å². The van der Waals surface area contributed by atoms with E-state index in [1.807, 2.05) is 97.1 Å². The highest BCUT2D eigenvalue weighted by molar-refractivity contribution is 5.73. The molecule has 0 aliphatic carbocycles. The average Bonchev–Trinajstić information content (AvgIpc) is 3.09. The molecule has 0 radical (unpaired) electrons. The lowest BCUT2D eigenvalue weighted by Gasteiger charge is -2.11. The van der Waals surface area contributed by atoms with Crippen molar-refractivity contribution in [2.45, 2.75) is 0 Å². The van der Waals surface area contributed by atoms with Crippen molar-refractivity contribution in [2.75, 3.05) is 0 Å². The monoisotopic (exact) mass is 572 g/mol. The van der Waals surface area contributed by atoms with Gasteiger partial charge >= 0.3 is 0 Å². The quantitative estimate of drug-likeness (QED) is 0.211. The number of rotatable bonds is 6. The maximum absolute atomic E-state index is 10.5. The van der Waals surface area contributed by atoms with E-state index in [0.29, 0.717) is 46.1 Å². The lowest BCUT2D eigenvalue weighted by Crippen LogP contribution is -2.01. The Labute approximate surface area is 253 Å². The highest BCUT2D eigenvalue weighted by atomic mass is 16.3. The van der Waals surface area contributed by atoms with Crippen molar-refractivity contribution in [3.05, 3.63) is 133 Å². The molecule has 0 spiro atoms. The van der Waals surface area contributed by atoms with Crippen LogP contribution in [0.4, 0.5) is 0 Å². The van der Waals surface area contributed by atoms with Gasteiger partial charge in [-0.2, -0.15) is 0 Å². The van der Waals surface area contributed by atoms with Crippen LogP contribution >= 0.6 is 0 Å². The van der Waals surface area contributed by atoms with Crippen LogP contribution < -0.4 is 0 Å². The molecule has 8 nitrogen and oxygen atoms in total. The molecule has 7 aromatic rings. The van der Waals surface area contributed by atoms with Crippen molar-refractivity contribution in [3.8, 4) is 79.8 Å². The number of phenolic OH excluding ortho intramolecular Hbond substituents is 2. The lowest BCUT2D eigenvalue weighted by atomic mass is 10.1. The molecule has 0 atom stereocenters. The first-order valence-corrected chi connectivity index (χ1v) is 13.9. The van der Waals surface area contributed by atoms with E-state index in [1.165, 1.54) is 0 Å². The normalized spacial score (nSPS) is 10.9. The third-order valence-electron chi connectivity index (χ3n) is 7.03. The summed E-state index contributed by atoms with van der Waals surface area (Å²) in [6.45, 7) is 0. The molecular weight excluding hydrogens is 548 g/mol. The Balaban J connectivity index is 1.32. The zero-order valence-electron chi connectivity index (χ0n) is 23.3. The van der Waals surface area contributed by atoms with Crippen molar-refractivity contribution in [3.63, 3.8) is 0 Å². The maximum atomic E-state index is 10.5. The SMILES string of the molecule is Oc1ccccc1-c1nc(-c2ccccc2)nc(-c2ccc(-c3nc(-c4ccccc4)nc(-c4ccccc4O)n3)cc2)n1. The molecule has 0 fully saturated rings. The van der Waals surface area contributed by atoms with Gasteiger partial charge in [-0.25, -0.2) is 29.9 Å². The number of aromatic nitrogens is 6. The van der Waals surface area contributed by atoms with Crippen LogP contribution in [0.25, 0.3) is 68.3 Å². The van der Waals surface area contributed by atoms with Gasteiger partial charge in [-0.1, -0.05) is 109 Å². The predicted octanol–water partition coefficient (Wildman–Crippen LogP) is 7.47. The standard InChI is InChI=1S/C36H24N6O2/c43-29-17-9-7-15-27(29)35-39-31(23-11-3-1-4-12-23)37-33(41-35)25-19-21-26(22-20-25)34-38-32(24-13-5-2-6-14-24)40-36(42-34)28-16-8-10-18-30(28)44/h1-22,43-44H. The van der Waals surface area contributed by atoms with Gasteiger partial charge in [0.25, 0.3) is 0 Å². The Morgan fingerprint density at radius 2 is 0.545 bits per heavy atom. The average molecular weight is 573 g/mol. The molecule has 0 aliphatic rings. The van der Waals surface area contributed by atoms with Gasteiger partial charge in [0.15, 0.2) is 34.9 Å². The van der Waals surface area contributed by atoms with E-state index < -0.39 is 0 Å². The van der Waals surface area contributed by atoms with Gasteiger partial charge in [0, 0.05) is 22.3 Å². The summed E-state index contributed by atoms with van der Waals surface area (Å²) in [5, 5.41) is 21.1. The minimum absolute atomic E-state index is 0.0864. The first-order valence-electron chi connectivity index (χ1n) is 13.9. The molecule has 0 bridgehead atoms. The second-order valence-corrected chi connectivity index (χ2v) is 9.96. The largest absolute Gasteiger partial charge is 0.507 e. The Morgan fingerprint density at radius 3 is 0.886 bits per heavy atom. The smallest absolute Gasteiger partial charge is 0.167 e. The maximum Gasteiger partial charge on any atom is 0.167 e. The number of para-hydroxylation sites is 2. The summed E-state index contributed by atoms with van der Waals surface area (Å²) in [6.07, 6.45) is 0. The number of aromatic hydroxyl groups is 2. The van der Waals surface area contributed by atoms with Crippen LogP contribution in [-0.4, -0.2) is 40.1 Å². The van der Waals surface area contributed by atoms with Crippen LogP contribution in [0.2, 0.25) is 0 Å². The Hall–Kier alpha value is -6.28. The van der Waals surface area contributed by atoms with E-state index in [0.717, 1.165) is 22.3 Å². The van der Waals surface area contributed by atoms with Crippen LogP contribution in [0.15, 0.2) is 133 Å². The van der Waals surface area contributed by atoms with Gasteiger partial charge < -0.3 is 10.2 Å². The summed E-state index contributed by atoms with van der Waals surface area (Å²) in [6, 6.07) is 40.9. The van der Waals surface area contributed by atoms with Crippen molar-refractivity contribution in [2.24, 2.45) is 0 Å². The Bertz CT molecular complexity index is 1930. The molecule has 5 aromatic carbocycles. The molecule has 2 heterocycles. The number of hydrogen-bond acceptors (Lipinski definition) is 8. The first-order chi connectivity index (χ1) is 21.6. The fraction of sp³-hybridized carbons (Fsp3) is 0. The number of phenols is 2. The van der Waals surface area contributed by atoms with Crippen molar-refractivity contribution in [1.82, 2.24) is 29.9 Å². The number of benzene rings is 5. The van der Waals surface area contributed by atoms with E-state index in [1.54, 1.807) is 36.4 Å². The minimum Gasteiger partial charge on any atom is -0.507 e. The van der Waals surface area contributed by atoms with Gasteiger partial charge in [0.2, 0.25) is 0 Å². The summed E-state index contributed by atoms with van der Waals surface area (Å²) in [4.78, 5) is 28.4. The molecule has 8 heteroatoms. The van der Waals surface area contributed by atoms with E-state index in [-0.39, 0.29) is 11.5 Å². The molecule has 2 N–H and O–H groups in total. The zero-order valence-corrected chi connectivity index (χ0v) is 23.3. The summed E-state index contributed by atoms with van der Waals surface area (Å²) < 4.78 is 0. The molecular formula is C36H24N6O2. The number of hydrogen-bond donors (Lipinski definition) is 2. The summed E-state index contributed by atoms with van der Waals surface area (Å²) >= 11 is 0. The molecule has 0 saturated carbocycles. The molecule has 210 valence electrons. The molecule has 0 unspecified atom stereocenters. The third-order valence-corrected chi connectivity index (χ3v) is 7.03. The number of nitrogens with zero attached hydrogens (tertiary/aromatic N) is 6. The fourth-order valence-electron chi connectivity index (χ4n) is 4.78. The van der Waals surface area contributed by atoms with E-state index in [4.69, 9.17) is 19.9 Å². The first kappa shape index (κ1) is 26.6. The van der Waals surface area contributed by atoms with Crippen LogP contribution in [0.3, 0.4) is 0 Å². The summed E-state index contributed by atoms with van der Waals surface area (Å²) in [5.74, 6) is 2.82.